The standard InChI is InChI=1S/C9H6F2O2/c10-7-3-8(11)9-5(1-2-13-9)6(7)4-12/h1-3,12H,4H2. The smallest absolute Gasteiger partial charge is 0.170 e. The average molecular weight is 184 g/mol. The van der Waals surface area contributed by atoms with Gasteiger partial charge in [-0.1, -0.05) is 0 Å². The second-order valence-electron chi connectivity index (χ2n) is 2.64. The molecule has 4 heteroatoms. The van der Waals surface area contributed by atoms with Crippen LogP contribution in [0, 0.1) is 11.6 Å². The van der Waals surface area contributed by atoms with Crippen molar-refractivity contribution >= 4 is 11.0 Å². The minimum Gasteiger partial charge on any atom is -0.461 e. The summed E-state index contributed by atoms with van der Waals surface area (Å²) in [6, 6.07) is 2.13. The summed E-state index contributed by atoms with van der Waals surface area (Å²) >= 11 is 0. The van der Waals surface area contributed by atoms with E-state index in [1.54, 1.807) is 0 Å². The summed E-state index contributed by atoms with van der Waals surface area (Å²) in [7, 11) is 0. The Morgan fingerprint density at radius 3 is 2.77 bits per heavy atom. The molecule has 0 saturated carbocycles. The van der Waals surface area contributed by atoms with Gasteiger partial charge in [0.05, 0.1) is 12.9 Å². The molecule has 1 aromatic heterocycles. The SMILES string of the molecule is OCc1c(F)cc(F)c2occc12. The Bertz CT molecular complexity index is 448. The second-order valence-corrected chi connectivity index (χ2v) is 2.64. The van der Waals surface area contributed by atoms with E-state index in [1.807, 2.05) is 0 Å². The number of hydrogen-bond acceptors (Lipinski definition) is 2. The fraction of sp³-hybridized carbons (Fsp3) is 0.111. The van der Waals surface area contributed by atoms with E-state index in [0.717, 1.165) is 0 Å². The summed E-state index contributed by atoms with van der Waals surface area (Å²) in [5.41, 5.74) is 0.0376. The second kappa shape index (κ2) is 2.81. The van der Waals surface area contributed by atoms with Crippen LogP contribution < -0.4 is 0 Å². The molecule has 0 amide bonds. The molecule has 13 heavy (non-hydrogen) atoms. The third-order valence-electron chi connectivity index (χ3n) is 1.91. The Morgan fingerprint density at radius 1 is 1.31 bits per heavy atom. The minimum absolute atomic E-state index is 0.0227. The van der Waals surface area contributed by atoms with Gasteiger partial charge in [0.1, 0.15) is 5.82 Å². The third-order valence-corrected chi connectivity index (χ3v) is 1.91. The summed E-state index contributed by atoms with van der Waals surface area (Å²) < 4.78 is 30.8. The minimum atomic E-state index is -0.756. The van der Waals surface area contributed by atoms with Gasteiger partial charge in [0.2, 0.25) is 0 Å². The molecule has 0 unspecified atom stereocenters. The van der Waals surface area contributed by atoms with Crippen molar-refractivity contribution in [3.63, 3.8) is 0 Å². The third kappa shape index (κ3) is 1.10. The Balaban J connectivity index is 2.88. The topological polar surface area (TPSA) is 33.4 Å². The Morgan fingerprint density at radius 2 is 2.08 bits per heavy atom. The van der Waals surface area contributed by atoms with Crippen LogP contribution in [0.2, 0.25) is 0 Å². The van der Waals surface area contributed by atoms with E-state index in [-0.39, 0.29) is 16.5 Å². The van der Waals surface area contributed by atoms with E-state index in [4.69, 9.17) is 9.52 Å². The monoisotopic (exact) mass is 184 g/mol. The van der Waals surface area contributed by atoms with Gasteiger partial charge in [0.15, 0.2) is 11.4 Å². The molecule has 0 radical (unpaired) electrons. The van der Waals surface area contributed by atoms with Crippen LogP contribution in [0.15, 0.2) is 22.8 Å². The fourth-order valence-corrected chi connectivity index (χ4v) is 1.29. The highest BCUT2D eigenvalue weighted by atomic mass is 19.1. The molecule has 1 aromatic carbocycles. The fourth-order valence-electron chi connectivity index (χ4n) is 1.29. The summed E-state index contributed by atoms with van der Waals surface area (Å²) in [5.74, 6) is -1.51. The maximum atomic E-state index is 13.0. The molecule has 2 aromatic rings. The zero-order chi connectivity index (χ0) is 9.42. The summed E-state index contributed by atoms with van der Waals surface area (Å²) in [6.45, 7) is -0.470. The summed E-state index contributed by atoms with van der Waals surface area (Å²) in [6.07, 6.45) is 1.26. The predicted octanol–water partition coefficient (Wildman–Crippen LogP) is 2.20. The normalized spacial score (nSPS) is 11.0. The van der Waals surface area contributed by atoms with Crippen molar-refractivity contribution in [3.05, 3.63) is 35.6 Å². The molecule has 0 aliphatic heterocycles. The molecule has 1 N–H and O–H groups in total. The number of fused-ring (bicyclic) bond motifs is 1. The number of benzene rings is 1. The molecule has 2 nitrogen and oxygen atoms in total. The van der Waals surface area contributed by atoms with Crippen molar-refractivity contribution in [3.8, 4) is 0 Å². The van der Waals surface area contributed by atoms with Gasteiger partial charge in [-0.05, 0) is 6.07 Å². The molecule has 1 heterocycles. The van der Waals surface area contributed by atoms with E-state index in [2.05, 4.69) is 0 Å². The van der Waals surface area contributed by atoms with Crippen molar-refractivity contribution in [1.29, 1.82) is 0 Å². The van der Waals surface area contributed by atoms with E-state index < -0.39 is 18.2 Å². The maximum absolute atomic E-state index is 13.0. The number of hydrogen-bond donors (Lipinski definition) is 1. The van der Waals surface area contributed by atoms with Crippen molar-refractivity contribution < 1.29 is 18.3 Å². The number of rotatable bonds is 1. The van der Waals surface area contributed by atoms with Gasteiger partial charge in [-0.25, -0.2) is 8.78 Å². The van der Waals surface area contributed by atoms with Gasteiger partial charge < -0.3 is 9.52 Å². The van der Waals surface area contributed by atoms with Crippen LogP contribution >= 0.6 is 0 Å². The van der Waals surface area contributed by atoms with E-state index in [1.165, 1.54) is 12.3 Å². The first-order chi connectivity index (χ1) is 6.24. The highest BCUT2D eigenvalue weighted by molar-refractivity contribution is 5.81. The predicted molar refractivity (Wildman–Crippen MR) is 42.1 cm³/mol. The van der Waals surface area contributed by atoms with Crippen LogP contribution in [-0.4, -0.2) is 5.11 Å². The molecular weight excluding hydrogens is 178 g/mol. The maximum Gasteiger partial charge on any atom is 0.170 e. The molecule has 0 bridgehead atoms. The zero-order valence-electron chi connectivity index (χ0n) is 6.55. The molecule has 2 rings (SSSR count). The van der Waals surface area contributed by atoms with E-state index >= 15 is 0 Å². The first-order valence-corrected chi connectivity index (χ1v) is 3.69. The van der Waals surface area contributed by atoms with Crippen LogP contribution in [0.5, 0.6) is 0 Å². The van der Waals surface area contributed by atoms with Gasteiger partial charge in [-0.2, -0.15) is 0 Å². The summed E-state index contributed by atoms with van der Waals surface area (Å²) in [4.78, 5) is 0. The van der Waals surface area contributed by atoms with Crippen LogP contribution in [0.1, 0.15) is 5.56 Å². The molecule has 68 valence electrons. The highest BCUT2D eigenvalue weighted by Gasteiger charge is 2.13. The van der Waals surface area contributed by atoms with Crippen LogP contribution in [-0.2, 0) is 6.61 Å². The van der Waals surface area contributed by atoms with Crippen molar-refractivity contribution in [2.45, 2.75) is 6.61 Å². The van der Waals surface area contributed by atoms with Gasteiger partial charge in [0.25, 0.3) is 0 Å². The largest absolute Gasteiger partial charge is 0.461 e. The van der Waals surface area contributed by atoms with E-state index in [0.29, 0.717) is 6.07 Å². The first kappa shape index (κ1) is 8.19. The Hall–Kier alpha value is -1.42. The summed E-state index contributed by atoms with van der Waals surface area (Å²) in [5, 5.41) is 9.10. The van der Waals surface area contributed by atoms with E-state index in [9.17, 15) is 8.78 Å². The van der Waals surface area contributed by atoms with Crippen LogP contribution in [0.3, 0.4) is 0 Å². The molecule has 0 spiro atoms. The number of aliphatic hydroxyl groups is 1. The molecule has 0 saturated heterocycles. The molecule has 0 aliphatic rings. The van der Waals surface area contributed by atoms with Gasteiger partial charge in [0, 0.05) is 17.0 Å². The lowest BCUT2D eigenvalue weighted by Gasteiger charge is -2.00. The van der Waals surface area contributed by atoms with Crippen molar-refractivity contribution in [1.82, 2.24) is 0 Å². The quantitative estimate of drug-likeness (QED) is 0.737. The van der Waals surface area contributed by atoms with Crippen LogP contribution in [0.4, 0.5) is 8.78 Å². The molecular formula is C9H6F2O2. The zero-order valence-corrected chi connectivity index (χ0v) is 6.55. The highest BCUT2D eigenvalue weighted by Crippen LogP contribution is 2.25. The number of furan rings is 1. The van der Waals surface area contributed by atoms with Crippen molar-refractivity contribution in [2.75, 3.05) is 0 Å². The van der Waals surface area contributed by atoms with Gasteiger partial charge in [-0.15, -0.1) is 0 Å². The lowest BCUT2D eigenvalue weighted by Crippen LogP contribution is -1.92. The van der Waals surface area contributed by atoms with Gasteiger partial charge >= 0.3 is 0 Å². The molecule has 0 aliphatic carbocycles. The van der Waals surface area contributed by atoms with Crippen LogP contribution in [0.25, 0.3) is 11.0 Å². The first-order valence-electron chi connectivity index (χ1n) is 3.69. The molecule has 0 fully saturated rings. The Labute approximate surface area is 72.4 Å². The molecule has 0 atom stereocenters. The number of aliphatic hydroxyl groups excluding tert-OH is 1. The van der Waals surface area contributed by atoms with Gasteiger partial charge in [-0.3, -0.25) is 0 Å². The number of halogens is 2. The van der Waals surface area contributed by atoms with Crippen molar-refractivity contribution in [2.24, 2.45) is 0 Å². The Kier molecular flexibility index (Phi) is 1.77. The lowest BCUT2D eigenvalue weighted by atomic mass is 10.1. The lowest BCUT2D eigenvalue weighted by molar-refractivity contribution is 0.277. The average Bonchev–Trinajstić information content (AvgIpc) is 2.53.